The summed E-state index contributed by atoms with van der Waals surface area (Å²) in [6, 6.07) is 6.10. The van der Waals surface area contributed by atoms with Gasteiger partial charge in [0.2, 0.25) is 5.91 Å². The van der Waals surface area contributed by atoms with Gasteiger partial charge in [-0.05, 0) is 24.6 Å². The van der Waals surface area contributed by atoms with Gasteiger partial charge in [0.25, 0.3) is 0 Å². The van der Waals surface area contributed by atoms with Gasteiger partial charge in [-0.1, -0.05) is 12.1 Å². The molecule has 1 aromatic carbocycles. The van der Waals surface area contributed by atoms with E-state index in [1.54, 1.807) is 24.1 Å². The summed E-state index contributed by atoms with van der Waals surface area (Å²) >= 11 is 0. The van der Waals surface area contributed by atoms with Crippen molar-refractivity contribution in [3.05, 3.63) is 35.6 Å². The van der Waals surface area contributed by atoms with Crippen molar-refractivity contribution in [2.75, 3.05) is 13.6 Å². The van der Waals surface area contributed by atoms with Gasteiger partial charge in [0.05, 0.1) is 6.04 Å². The minimum atomic E-state index is -0.271. The average molecular weight is 224 g/mol. The van der Waals surface area contributed by atoms with Crippen molar-refractivity contribution in [1.29, 1.82) is 0 Å². The van der Waals surface area contributed by atoms with Gasteiger partial charge in [0.1, 0.15) is 5.82 Å². The minimum Gasteiger partial charge on any atom is -0.339 e. The van der Waals surface area contributed by atoms with E-state index in [4.69, 9.17) is 5.73 Å². The SMILES string of the molecule is CC(c1ccc(F)cc1)N(C)C(=O)CCN. The molecule has 0 saturated carbocycles. The van der Waals surface area contributed by atoms with E-state index in [1.165, 1.54) is 12.1 Å². The van der Waals surface area contributed by atoms with Crippen LogP contribution < -0.4 is 5.73 Å². The molecule has 0 aromatic heterocycles. The number of halogens is 1. The molecule has 1 amide bonds. The van der Waals surface area contributed by atoms with Crippen LogP contribution in [0.5, 0.6) is 0 Å². The van der Waals surface area contributed by atoms with Gasteiger partial charge >= 0.3 is 0 Å². The Hall–Kier alpha value is -1.42. The molecule has 1 atom stereocenters. The first-order chi connectivity index (χ1) is 7.56. The number of nitrogens with two attached hydrogens (primary N) is 1. The highest BCUT2D eigenvalue weighted by Gasteiger charge is 2.16. The third-order valence-electron chi connectivity index (χ3n) is 2.68. The number of hydrogen-bond donors (Lipinski definition) is 1. The Labute approximate surface area is 95.0 Å². The van der Waals surface area contributed by atoms with Crippen LogP contribution in [0.2, 0.25) is 0 Å². The Morgan fingerprint density at radius 1 is 1.44 bits per heavy atom. The number of benzene rings is 1. The summed E-state index contributed by atoms with van der Waals surface area (Å²) in [6.07, 6.45) is 0.335. The van der Waals surface area contributed by atoms with Gasteiger partial charge in [0.15, 0.2) is 0 Å². The fraction of sp³-hybridized carbons (Fsp3) is 0.417. The molecule has 2 N–H and O–H groups in total. The fourth-order valence-electron chi connectivity index (χ4n) is 1.48. The van der Waals surface area contributed by atoms with Crippen LogP contribution in [-0.2, 0) is 4.79 Å². The van der Waals surface area contributed by atoms with Crippen molar-refractivity contribution in [3.8, 4) is 0 Å². The van der Waals surface area contributed by atoms with Crippen LogP contribution in [0.4, 0.5) is 4.39 Å². The maximum Gasteiger partial charge on any atom is 0.224 e. The number of carbonyl (C=O) groups excluding carboxylic acids is 1. The summed E-state index contributed by atoms with van der Waals surface area (Å²) in [7, 11) is 1.73. The fourth-order valence-corrected chi connectivity index (χ4v) is 1.48. The highest BCUT2D eigenvalue weighted by Crippen LogP contribution is 2.19. The molecular weight excluding hydrogens is 207 g/mol. The lowest BCUT2D eigenvalue weighted by atomic mass is 10.1. The van der Waals surface area contributed by atoms with Crippen LogP contribution >= 0.6 is 0 Å². The number of carbonyl (C=O) groups is 1. The van der Waals surface area contributed by atoms with E-state index in [0.29, 0.717) is 13.0 Å². The highest BCUT2D eigenvalue weighted by molar-refractivity contribution is 5.76. The first kappa shape index (κ1) is 12.6. The molecule has 1 unspecified atom stereocenters. The molecule has 4 heteroatoms. The Morgan fingerprint density at radius 3 is 2.50 bits per heavy atom. The van der Waals surface area contributed by atoms with Crippen molar-refractivity contribution in [3.63, 3.8) is 0 Å². The normalized spacial score (nSPS) is 12.2. The molecule has 0 aliphatic carbocycles. The first-order valence-corrected chi connectivity index (χ1v) is 5.27. The molecule has 0 fully saturated rings. The van der Waals surface area contributed by atoms with Gasteiger partial charge in [0, 0.05) is 20.0 Å². The van der Waals surface area contributed by atoms with Crippen LogP contribution in [0.3, 0.4) is 0 Å². The van der Waals surface area contributed by atoms with Crippen LogP contribution in [0.15, 0.2) is 24.3 Å². The number of rotatable bonds is 4. The Bertz CT molecular complexity index is 351. The van der Waals surface area contributed by atoms with E-state index < -0.39 is 0 Å². The Kier molecular flexibility index (Phi) is 4.43. The highest BCUT2D eigenvalue weighted by atomic mass is 19.1. The molecule has 16 heavy (non-hydrogen) atoms. The largest absolute Gasteiger partial charge is 0.339 e. The van der Waals surface area contributed by atoms with Crippen molar-refractivity contribution < 1.29 is 9.18 Å². The first-order valence-electron chi connectivity index (χ1n) is 5.27. The van der Waals surface area contributed by atoms with Gasteiger partial charge in [-0.2, -0.15) is 0 Å². The molecule has 0 aliphatic rings. The van der Waals surface area contributed by atoms with E-state index in [0.717, 1.165) is 5.56 Å². The van der Waals surface area contributed by atoms with Crippen molar-refractivity contribution in [2.45, 2.75) is 19.4 Å². The lowest BCUT2D eigenvalue weighted by molar-refractivity contribution is -0.131. The monoisotopic (exact) mass is 224 g/mol. The molecule has 0 spiro atoms. The lowest BCUT2D eigenvalue weighted by Crippen LogP contribution is -2.31. The summed E-state index contributed by atoms with van der Waals surface area (Å²) in [4.78, 5) is 13.2. The second kappa shape index (κ2) is 5.61. The van der Waals surface area contributed by atoms with E-state index in [1.807, 2.05) is 6.92 Å². The lowest BCUT2D eigenvalue weighted by Gasteiger charge is -2.25. The summed E-state index contributed by atoms with van der Waals surface area (Å²) in [6.45, 7) is 2.25. The quantitative estimate of drug-likeness (QED) is 0.846. The summed E-state index contributed by atoms with van der Waals surface area (Å²) < 4.78 is 12.7. The van der Waals surface area contributed by atoms with E-state index in [2.05, 4.69) is 0 Å². The standard InChI is InChI=1S/C12H17FN2O/c1-9(15(2)12(16)7-8-14)10-3-5-11(13)6-4-10/h3-6,9H,7-8,14H2,1-2H3. The number of hydrogen-bond acceptors (Lipinski definition) is 2. The molecule has 1 rings (SSSR count). The smallest absolute Gasteiger partial charge is 0.224 e. The third kappa shape index (κ3) is 3.03. The van der Waals surface area contributed by atoms with Gasteiger partial charge in [-0.3, -0.25) is 4.79 Å². The van der Waals surface area contributed by atoms with E-state index in [9.17, 15) is 9.18 Å². The molecule has 3 nitrogen and oxygen atoms in total. The van der Waals surface area contributed by atoms with Gasteiger partial charge < -0.3 is 10.6 Å². The predicted octanol–water partition coefficient (Wildman–Crippen LogP) is 1.69. The second-order valence-electron chi connectivity index (χ2n) is 3.77. The van der Waals surface area contributed by atoms with Crippen LogP contribution in [0.1, 0.15) is 24.9 Å². The van der Waals surface area contributed by atoms with Crippen molar-refractivity contribution in [1.82, 2.24) is 4.90 Å². The molecule has 0 heterocycles. The van der Waals surface area contributed by atoms with E-state index in [-0.39, 0.29) is 17.8 Å². The van der Waals surface area contributed by atoms with Crippen LogP contribution in [0, 0.1) is 5.82 Å². The zero-order valence-electron chi connectivity index (χ0n) is 9.61. The Morgan fingerprint density at radius 2 is 2.00 bits per heavy atom. The minimum absolute atomic E-state index is 0.000625. The summed E-state index contributed by atoms with van der Waals surface area (Å²) in [5, 5.41) is 0. The predicted molar refractivity (Wildman–Crippen MR) is 61.3 cm³/mol. The molecule has 0 radical (unpaired) electrons. The van der Waals surface area contributed by atoms with Crippen molar-refractivity contribution >= 4 is 5.91 Å². The molecule has 1 aromatic rings. The van der Waals surface area contributed by atoms with Crippen LogP contribution in [-0.4, -0.2) is 24.4 Å². The third-order valence-corrected chi connectivity index (χ3v) is 2.68. The second-order valence-corrected chi connectivity index (χ2v) is 3.77. The maximum absolute atomic E-state index is 12.7. The summed E-state index contributed by atoms with van der Waals surface area (Å²) in [5.74, 6) is -0.272. The topological polar surface area (TPSA) is 46.3 Å². The molecule has 88 valence electrons. The number of amides is 1. The Balaban J connectivity index is 2.73. The molecule has 0 saturated heterocycles. The summed E-state index contributed by atoms with van der Waals surface area (Å²) in [5.41, 5.74) is 6.24. The zero-order chi connectivity index (χ0) is 12.1. The number of nitrogens with zero attached hydrogens (tertiary/aromatic N) is 1. The zero-order valence-corrected chi connectivity index (χ0v) is 9.61. The maximum atomic E-state index is 12.7. The van der Waals surface area contributed by atoms with Crippen LogP contribution in [0.25, 0.3) is 0 Å². The van der Waals surface area contributed by atoms with Gasteiger partial charge in [-0.15, -0.1) is 0 Å². The average Bonchev–Trinajstić information content (AvgIpc) is 2.28. The molecule has 0 aliphatic heterocycles. The van der Waals surface area contributed by atoms with Crippen molar-refractivity contribution in [2.24, 2.45) is 5.73 Å². The molecular formula is C12H17FN2O. The van der Waals surface area contributed by atoms with E-state index >= 15 is 0 Å². The van der Waals surface area contributed by atoms with Gasteiger partial charge in [-0.25, -0.2) is 4.39 Å². The molecule has 0 bridgehead atoms.